The lowest BCUT2D eigenvalue weighted by Crippen LogP contribution is -2.12. The van der Waals surface area contributed by atoms with E-state index in [1.807, 2.05) is 37.3 Å². The molecule has 0 saturated carbocycles. The zero-order valence-corrected chi connectivity index (χ0v) is 12.9. The van der Waals surface area contributed by atoms with Crippen LogP contribution in [0.25, 0.3) is 21.8 Å². The van der Waals surface area contributed by atoms with Crippen molar-refractivity contribution in [2.75, 3.05) is 5.32 Å². The molecule has 1 amide bonds. The van der Waals surface area contributed by atoms with Gasteiger partial charge in [0.2, 0.25) is 0 Å². The van der Waals surface area contributed by atoms with E-state index in [-0.39, 0.29) is 11.7 Å². The van der Waals surface area contributed by atoms with Gasteiger partial charge in [-0.25, -0.2) is 4.39 Å². The van der Waals surface area contributed by atoms with Crippen LogP contribution in [0, 0.1) is 12.7 Å². The first kappa shape index (κ1) is 14.4. The fourth-order valence-electron chi connectivity index (χ4n) is 2.85. The summed E-state index contributed by atoms with van der Waals surface area (Å²) in [5, 5.41) is 4.14. The van der Waals surface area contributed by atoms with Crippen LogP contribution in [0.1, 0.15) is 16.1 Å². The Hall–Kier alpha value is -3.21. The summed E-state index contributed by atoms with van der Waals surface area (Å²) in [6.07, 6.45) is 1.71. The Labute approximate surface area is 137 Å². The molecule has 4 nitrogen and oxygen atoms in total. The maximum absolute atomic E-state index is 13.9. The predicted octanol–water partition coefficient (Wildman–Crippen LogP) is 4.42. The van der Waals surface area contributed by atoms with E-state index in [1.54, 1.807) is 12.3 Å². The van der Waals surface area contributed by atoms with Crippen LogP contribution in [0.5, 0.6) is 0 Å². The van der Waals surface area contributed by atoms with Gasteiger partial charge in [-0.2, -0.15) is 0 Å². The normalized spacial score (nSPS) is 11.1. The van der Waals surface area contributed by atoms with Crippen LogP contribution >= 0.6 is 0 Å². The Morgan fingerprint density at radius 2 is 2.00 bits per heavy atom. The van der Waals surface area contributed by atoms with Gasteiger partial charge in [0.15, 0.2) is 0 Å². The van der Waals surface area contributed by atoms with E-state index in [2.05, 4.69) is 15.3 Å². The van der Waals surface area contributed by atoms with E-state index < -0.39 is 0 Å². The van der Waals surface area contributed by atoms with Crippen molar-refractivity contribution in [2.45, 2.75) is 6.92 Å². The second-order valence-electron chi connectivity index (χ2n) is 5.67. The van der Waals surface area contributed by atoms with Crippen LogP contribution in [0.15, 0.2) is 54.7 Å². The van der Waals surface area contributed by atoms with E-state index in [0.29, 0.717) is 22.3 Å². The molecule has 0 aliphatic carbocycles. The van der Waals surface area contributed by atoms with Crippen molar-refractivity contribution in [1.29, 1.82) is 0 Å². The second kappa shape index (κ2) is 5.45. The monoisotopic (exact) mass is 319 g/mol. The van der Waals surface area contributed by atoms with Gasteiger partial charge in [0.05, 0.1) is 16.7 Å². The Morgan fingerprint density at radius 3 is 2.83 bits per heavy atom. The molecule has 2 aromatic heterocycles. The van der Waals surface area contributed by atoms with Crippen molar-refractivity contribution in [3.8, 4) is 0 Å². The van der Waals surface area contributed by atoms with Crippen LogP contribution in [0.4, 0.5) is 10.1 Å². The topological polar surface area (TPSA) is 57.8 Å². The minimum atomic E-state index is -0.347. The zero-order chi connectivity index (χ0) is 16.7. The second-order valence-corrected chi connectivity index (χ2v) is 5.67. The number of carbonyl (C=O) groups excluding carboxylic acids is 1. The number of hydrogen-bond donors (Lipinski definition) is 2. The van der Waals surface area contributed by atoms with Crippen molar-refractivity contribution in [2.24, 2.45) is 0 Å². The number of rotatable bonds is 2. The lowest BCUT2D eigenvalue weighted by Gasteiger charge is -2.07. The summed E-state index contributed by atoms with van der Waals surface area (Å²) in [6, 6.07) is 13.9. The summed E-state index contributed by atoms with van der Waals surface area (Å²) in [5.41, 5.74) is 3.31. The minimum absolute atomic E-state index is 0.318. The van der Waals surface area contributed by atoms with E-state index >= 15 is 0 Å². The van der Waals surface area contributed by atoms with Gasteiger partial charge in [0.1, 0.15) is 11.5 Å². The maximum Gasteiger partial charge on any atom is 0.272 e. The number of carbonyl (C=O) groups is 1. The number of pyridine rings is 1. The number of nitrogens with zero attached hydrogens (tertiary/aromatic N) is 1. The Bertz CT molecular complexity index is 1040. The number of aromatic nitrogens is 2. The van der Waals surface area contributed by atoms with Crippen molar-refractivity contribution in [3.05, 3.63) is 71.8 Å². The highest BCUT2D eigenvalue weighted by Crippen LogP contribution is 2.25. The number of fused-ring (bicyclic) bond motifs is 2. The Balaban J connectivity index is 1.74. The largest absolute Gasteiger partial charge is 0.350 e. The number of hydrogen-bond acceptors (Lipinski definition) is 2. The third kappa shape index (κ3) is 2.31. The molecule has 2 aromatic carbocycles. The lowest BCUT2D eigenvalue weighted by atomic mass is 10.1. The Kier molecular flexibility index (Phi) is 3.27. The van der Waals surface area contributed by atoms with Crippen LogP contribution in [0.2, 0.25) is 0 Å². The molecule has 0 bridgehead atoms. The maximum atomic E-state index is 13.9. The molecule has 0 unspecified atom stereocenters. The number of nitrogens with one attached hydrogen (secondary N) is 2. The van der Waals surface area contributed by atoms with Gasteiger partial charge in [0.25, 0.3) is 5.91 Å². The number of aryl methyl sites for hydroxylation is 1. The molecule has 0 saturated heterocycles. The number of benzene rings is 2. The van der Waals surface area contributed by atoms with Gasteiger partial charge in [-0.1, -0.05) is 12.1 Å². The predicted molar refractivity (Wildman–Crippen MR) is 92.7 cm³/mol. The molecule has 0 spiro atoms. The number of aromatic amines is 1. The zero-order valence-electron chi connectivity index (χ0n) is 12.9. The van der Waals surface area contributed by atoms with E-state index in [1.165, 1.54) is 12.1 Å². The van der Waals surface area contributed by atoms with Crippen LogP contribution in [-0.2, 0) is 0 Å². The van der Waals surface area contributed by atoms with E-state index in [9.17, 15) is 9.18 Å². The summed E-state index contributed by atoms with van der Waals surface area (Å²) < 4.78 is 13.9. The summed E-state index contributed by atoms with van der Waals surface area (Å²) >= 11 is 0. The number of anilines is 1. The summed E-state index contributed by atoms with van der Waals surface area (Å²) in [5.74, 6) is -0.665. The molecule has 0 radical (unpaired) electrons. The lowest BCUT2D eigenvalue weighted by molar-refractivity contribution is 0.102. The average Bonchev–Trinajstić information content (AvgIpc) is 3.05. The molecule has 0 aliphatic rings. The molecule has 118 valence electrons. The highest BCUT2D eigenvalue weighted by Gasteiger charge is 2.14. The van der Waals surface area contributed by atoms with Crippen LogP contribution in [-0.4, -0.2) is 15.9 Å². The first-order valence-electron chi connectivity index (χ1n) is 7.56. The molecular weight excluding hydrogens is 305 g/mol. The van der Waals surface area contributed by atoms with Crippen LogP contribution in [0.3, 0.4) is 0 Å². The standard InChI is InChI=1S/C19H14FN3O/c1-11-7-8-14(20)13-10-17(22-18(11)13)19(24)23-16-6-2-5-15-12(16)4-3-9-21-15/h2-10,22H,1H3,(H,23,24). The molecule has 24 heavy (non-hydrogen) atoms. The SMILES string of the molecule is Cc1ccc(F)c2cc(C(=O)Nc3cccc4ncccc34)[nH]c12. The molecular formula is C19H14FN3O. The molecule has 4 aromatic rings. The molecule has 4 rings (SSSR count). The van der Waals surface area contributed by atoms with Crippen molar-refractivity contribution >= 4 is 33.4 Å². The molecule has 5 heteroatoms. The fraction of sp³-hybridized carbons (Fsp3) is 0.0526. The quantitative estimate of drug-likeness (QED) is 0.575. The van der Waals surface area contributed by atoms with Gasteiger partial charge in [0, 0.05) is 17.0 Å². The van der Waals surface area contributed by atoms with E-state index in [0.717, 1.165) is 16.5 Å². The van der Waals surface area contributed by atoms with E-state index in [4.69, 9.17) is 0 Å². The molecule has 2 N–H and O–H groups in total. The van der Waals surface area contributed by atoms with Gasteiger partial charge >= 0.3 is 0 Å². The third-order valence-corrected chi connectivity index (χ3v) is 4.09. The highest BCUT2D eigenvalue weighted by atomic mass is 19.1. The smallest absolute Gasteiger partial charge is 0.272 e. The minimum Gasteiger partial charge on any atom is -0.350 e. The number of H-pyrrole nitrogens is 1. The van der Waals surface area contributed by atoms with Crippen molar-refractivity contribution < 1.29 is 9.18 Å². The van der Waals surface area contributed by atoms with Gasteiger partial charge in [-0.15, -0.1) is 0 Å². The molecule has 0 aliphatic heterocycles. The fourth-order valence-corrected chi connectivity index (χ4v) is 2.85. The summed E-state index contributed by atoms with van der Waals surface area (Å²) in [7, 11) is 0. The molecule has 0 atom stereocenters. The van der Waals surface area contributed by atoms with Crippen molar-refractivity contribution in [3.63, 3.8) is 0 Å². The van der Waals surface area contributed by atoms with Crippen LogP contribution < -0.4 is 5.32 Å². The first-order chi connectivity index (χ1) is 11.6. The number of halogens is 1. The van der Waals surface area contributed by atoms with Gasteiger partial charge in [-0.3, -0.25) is 9.78 Å². The third-order valence-electron chi connectivity index (χ3n) is 4.09. The Morgan fingerprint density at radius 1 is 1.12 bits per heavy atom. The number of amides is 1. The van der Waals surface area contributed by atoms with Gasteiger partial charge in [-0.05, 0) is 48.9 Å². The molecule has 2 heterocycles. The first-order valence-corrected chi connectivity index (χ1v) is 7.56. The highest BCUT2D eigenvalue weighted by molar-refractivity contribution is 6.09. The summed E-state index contributed by atoms with van der Waals surface area (Å²) in [4.78, 5) is 19.8. The summed E-state index contributed by atoms with van der Waals surface area (Å²) in [6.45, 7) is 1.87. The molecule has 0 fully saturated rings. The van der Waals surface area contributed by atoms with Gasteiger partial charge < -0.3 is 10.3 Å². The average molecular weight is 319 g/mol. The van der Waals surface area contributed by atoms with Crippen molar-refractivity contribution in [1.82, 2.24) is 9.97 Å².